The number of carbonyl (C=O) groups excluding carboxylic acids is 1. The fraction of sp³-hybridized carbons (Fsp3) is 0.318. The number of halogens is 1. The van der Waals surface area contributed by atoms with Crippen molar-refractivity contribution in [3.63, 3.8) is 0 Å². The second-order valence-corrected chi connectivity index (χ2v) is 7.71. The summed E-state index contributed by atoms with van der Waals surface area (Å²) in [6.45, 7) is 6.92. The Labute approximate surface area is 169 Å². The minimum Gasteiger partial charge on any atom is -0.490 e. The number of carbonyl (C=O) groups is 1. The Balaban J connectivity index is 1.46. The van der Waals surface area contributed by atoms with E-state index in [9.17, 15) is 4.79 Å². The van der Waals surface area contributed by atoms with Crippen molar-refractivity contribution in [3.05, 3.63) is 71.2 Å². The van der Waals surface area contributed by atoms with Crippen molar-refractivity contribution in [2.45, 2.75) is 19.4 Å². The van der Waals surface area contributed by atoms with Gasteiger partial charge in [0.25, 0.3) is 0 Å². The molecule has 4 nitrogen and oxygen atoms in total. The monoisotopic (exact) mass is 428 g/mol. The molecule has 1 heterocycles. The Morgan fingerprint density at radius 1 is 1.22 bits per heavy atom. The number of likely N-dealkylation sites (tertiary alicyclic amines) is 1. The summed E-state index contributed by atoms with van der Waals surface area (Å²) in [6, 6.07) is 15.9. The van der Waals surface area contributed by atoms with E-state index in [1.165, 1.54) is 5.56 Å². The van der Waals surface area contributed by atoms with Crippen LogP contribution in [0, 0.1) is 5.92 Å². The first-order chi connectivity index (χ1) is 13.1. The third-order valence-electron chi connectivity index (χ3n) is 4.74. The topological polar surface area (TPSA) is 41.6 Å². The van der Waals surface area contributed by atoms with Gasteiger partial charge in [0.2, 0.25) is 5.91 Å². The minimum absolute atomic E-state index is 0.0699. The lowest BCUT2D eigenvalue weighted by molar-refractivity contribution is -0.121. The Kier molecular flexibility index (Phi) is 7.07. The van der Waals surface area contributed by atoms with Gasteiger partial charge in [-0.3, -0.25) is 9.69 Å². The molecule has 1 aliphatic rings. The van der Waals surface area contributed by atoms with Gasteiger partial charge in [-0.05, 0) is 67.9 Å². The molecule has 2 aromatic carbocycles. The zero-order chi connectivity index (χ0) is 19.1. The van der Waals surface area contributed by atoms with Gasteiger partial charge in [-0.1, -0.05) is 40.7 Å². The van der Waals surface area contributed by atoms with Crippen molar-refractivity contribution in [1.29, 1.82) is 0 Å². The summed E-state index contributed by atoms with van der Waals surface area (Å²) in [4.78, 5) is 15.0. The number of benzene rings is 2. The molecule has 0 unspecified atom stereocenters. The van der Waals surface area contributed by atoms with Crippen LogP contribution in [0.15, 0.2) is 65.7 Å². The van der Waals surface area contributed by atoms with Gasteiger partial charge >= 0.3 is 0 Å². The van der Waals surface area contributed by atoms with Crippen LogP contribution < -0.4 is 10.1 Å². The molecule has 1 saturated heterocycles. The van der Waals surface area contributed by atoms with Gasteiger partial charge in [-0.25, -0.2) is 0 Å². The predicted molar refractivity (Wildman–Crippen MR) is 113 cm³/mol. The lowest BCUT2D eigenvalue weighted by Gasteiger charge is -2.31. The maximum atomic E-state index is 12.6. The highest BCUT2D eigenvalue weighted by atomic mass is 79.9. The Bertz CT molecular complexity index is 768. The Morgan fingerprint density at radius 2 is 1.96 bits per heavy atom. The summed E-state index contributed by atoms with van der Waals surface area (Å²) >= 11 is 3.52. The minimum atomic E-state index is 0.0699. The van der Waals surface area contributed by atoms with Crippen LogP contribution in [0.25, 0.3) is 0 Å². The molecule has 5 heteroatoms. The largest absolute Gasteiger partial charge is 0.490 e. The SMILES string of the molecule is C=CCOc1ccc(NC(=O)C2CCN(Cc3cccc(Br)c3)CC2)cc1. The van der Waals surface area contributed by atoms with Crippen molar-refractivity contribution in [1.82, 2.24) is 4.90 Å². The molecule has 0 atom stereocenters. The number of anilines is 1. The van der Waals surface area contributed by atoms with E-state index in [1.807, 2.05) is 30.3 Å². The second-order valence-electron chi connectivity index (χ2n) is 6.79. The summed E-state index contributed by atoms with van der Waals surface area (Å²) in [6.07, 6.45) is 3.49. The van der Waals surface area contributed by atoms with E-state index in [-0.39, 0.29) is 11.8 Å². The summed E-state index contributed by atoms with van der Waals surface area (Å²) < 4.78 is 6.57. The summed E-state index contributed by atoms with van der Waals surface area (Å²) in [5.74, 6) is 0.950. The van der Waals surface area contributed by atoms with Crippen LogP contribution >= 0.6 is 15.9 Å². The maximum absolute atomic E-state index is 12.6. The van der Waals surface area contributed by atoms with Crippen molar-refractivity contribution in [3.8, 4) is 5.75 Å². The fourth-order valence-electron chi connectivity index (χ4n) is 3.28. The quantitative estimate of drug-likeness (QED) is 0.639. The van der Waals surface area contributed by atoms with Crippen LogP contribution in [0.2, 0.25) is 0 Å². The molecule has 0 saturated carbocycles. The lowest BCUT2D eigenvalue weighted by Crippen LogP contribution is -2.37. The van der Waals surface area contributed by atoms with Crippen LogP contribution in [-0.2, 0) is 11.3 Å². The fourth-order valence-corrected chi connectivity index (χ4v) is 3.73. The van der Waals surface area contributed by atoms with Gasteiger partial charge < -0.3 is 10.1 Å². The van der Waals surface area contributed by atoms with Crippen molar-refractivity contribution >= 4 is 27.5 Å². The average Bonchev–Trinajstić information content (AvgIpc) is 2.68. The molecule has 1 aliphatic heterocycles. The van der Waals surface area contributed by atoms with E-state index < -0.39 is 0 Å². The average molecular weight is 429 g/mol. The van der Waals surface area contributed by atoms with Gasteiger partial charge in [-0.2, -0.15) is 0 Å². The first kappa shape index (κ1) is 19.6. The number of piperidine rings is 1. The van der Waals surface area contributed by atoms with Gasteiger partial charge in [-0.15, -0.1) is 0 Å². The molecule has 0 aromatic heterocycles. The number of rotatable bonds is 7. The summed E-state index contributed by atoms with van der Waals surface area (Å²) in [7, 11) is 0. The third-order valence-corrected chi connectivity index (χ3v) is 5.24. The van der Waals surface area contributed by atoms with E-state index in [0.29, 0.717) is 6.61 Å². The van der Waals surface area contributed by atoms with Crippen LogP contribution in [0.3, 0.4) is 0 Å². The van der Waals surface area contributed by atoms with Crippen LogP contribution in [-0.4, -0.2) is 30.5 Å². The number of hydrogen-bond acceptors (Lipinski definition) is 3. The summed E-state index contributed by atoms with van der Waals surface area (Å²) in [5, 5.41) is 3.03. The van der Waals surface area contributed by atoms with Crippen LogP contribution in [0.1, 0.15) is 18.4 Å². The molecule has 0 bridgehead atoms. The van der Waals surface area contributed by atoms with E-state index in [2.05, 4.69) is 50.9 Å². The Morgan fingerprint density at radius 3 is 2.63 bits per heavy atom. The lowest BCUT2D eigenvalue weighted by atomic mass is 9.95. The molecule has 1 N–H and O–H groups in total. The number of nitrogens with one attached hydrogen (secondary N) is 1. The molecule has 1 fully saturated rings. The zero-order valence-corrected chi connectivity index (χ0v) is 17.0. The molecule has 27 heavy (non-hydrogen) atoms. The van der Waals surface area contributed by atoms with E-state index >= 15 is 0 Å². The van der Waals surface area contributed by atoms with E-state index in [4.69, 9.17) is 4.74 Å². The predicted octanol–water partition coefficient (Wildman–Crippen LogP) is 4.86. The first-order valence-electron chi connectivity index (χ1n) is 9.25. The van der Waals surface area contributed by atoms with Crippen LogP contribution in [0.5, 0.6) is 5.75 Å². The molecule has 142 valence electrons. The molecule has 0 aliphatic carbocycles. The molecular weight excluding hydrogens is 404 g/mol. The van der Waals surface area contributed by atoms with Crippen molar-refractivity contribution in [2.75, 3.05) is 25.0 Å². The highest BCUT2D eigenvalue weighted by molar-refractivity contribution is 9.10. The molecule has 1 amide bonds. The number of ether oxygens (including phenoxy) is 1. The standard InChI is InChI=1S/C22H25BrN2O2/c1-2-14-27-21-8-6-20(7-9-21)24-22(26)18-10-12-25(13-11-18)16-17-4-3-5-19(23)15-17/h2-9,15,18H,1,10-14,16H2,(H,24,26). The van der Waals surface area contributed by atoms with Gasteiger partial charge in [0.1, 0.15) is 12.4 Å². The van der Waals surface area contributed by atoms with Crippen LogP contribution in [0.4, 0.5) is 5.69 Å². The molecule has 2 aromatic rings. The zero-order valence-electron chi connectivity index (χ0n) is 15.4. The van der Waals surface area contributed by atoms with E-state index in [0.717, 1.165) is 48.4 Å². The highest BCUT2D eigenvalue weighted by Gasteiger charge is 2.25. The van der Waals surface area contributed by atoms with Crippen molar-refractivity contribution < 1.29 is 9.53 Å². The molecule has 3 rings (SSSR count). The number of hydrogen-bond donors (Lipinski definition) is 1. The number of amides is 1. The van der Waals surface area contributed by atoms with Gasteiger partial charge in [0.05, 0.1) is 0 Å². The maximum Gasteiger partial charge on any atom is 0.227 e. The van der Waals surface area contributed by atoms with E-state index in [1.54, 1.807) is 6.08 Å². The van der Waals surface area contributed by atoms with Gasteiger partial charge in [0, 0.05) is 22.6 Å². The Hall–Kier alpha value is -2.11. The van der Waals surface area contributed by atoms with Crippen molar-refractivity contribution in [2.24, 2.45) is 5.92 Å². The first-order valence-corrected chi connectivity index (χ1v) is 10.0. The second kappa shape index (κ2) is 9.72. The normalized spacial score (nSPS) is 15.3. The summed E-state index contributed by atoms with van der Waals surface area (Å²) in [5.41, 5.74) is 2.11. The molecular formula is C22H25BrN2O2. The molecule has 0 radical (unpaired) electrons. The molecule has 0 spiro atoms. The third kappa shape index (κ3) is 5.94. The number of nitrogens with zero attached hydrogens (tertiary/aromatic N) is 1. The van der Waals surface area contributed by atoms with Gasteiger partial charge in [0.15, 0.2) is 0 Å². The highest BCUT2D eigenvalue weighted by Crippen LogP contribution is 2.23. The smallest absolute Gasteiger partial charge is 0.227 e.